The van der Waals surface area contributed by atoms with Crippen LogP contribution in [0.25, 0.3) is 11.3 Å². The standard InChI is InChI=1S/C25H30N4OS/c1-2-3-4-18-5-7-20(8-6-18)24(30)27-21-9-11-22(12-10-21)28-25-29-23(17-31-25)19-13-15-26-16-14-19/h9-18,20H,2-8H2,1H3,(H,27,30)(H,28,29). The van der Waals surface area contributed by atoms with E-state index in [1.54, 1.807) is 23.7 Å². The molecule has 0 radical (unpaired) electrons. The number of carbonyl (C=O) groups is 1. The number of thiazole rings is 1. The highest BCUT2D eigenvalue weighted by Crippen LogP contribution is 2.33. The zero-order chi connectivity index (χ0) is 21.5. The number of rotatable bonds is 8. The molecule has 1 aliphatic rings. The third-order valence-corrected chi connectivity index (χ3v) is 6.83. The van der Waals surface area contributed by atoms with Gasteiger partial charge in [0.2, 0.25) is 5.91 Å². The van der Waals surface area contributed by atoms with E-state index in [-0.39, 0.29) is 11.8 Å². The van der Waals surface area contributed by atoms with Crippen molar-refractivity contribution in [1.82, 2.24) is 9.97 Å². The molecule has 5 nitrogen and oxygen atoms in total. The van der Waals surface area contributed by atoms with E-state index in [0.29, 0.717) is 0 Å². The van der Waals surface area contributed by atoms with E-state index in [0.717, 1.165) is 46.5 Å². The minimum atomic E-state index is 0.151. The third kappa shape index (κ3) is 5.91. The number of hydrogen-bond donors (Lipinski definition) is 2. The molecule has 1 amide bonds. The van der Waals surface area contributed by atoms with E-state index >= 15 is 0 Å². The number of nitrogens with zero attached hydrogens (tertiary/aromatic N) is 2. The predicted molar refractivity (Wildman–Crippen MR) is 129 cm³/mol. The minimum Gasteiger partial charge on any atom is -0.332 e. The highest BCUT2D eigenvalue weighted by Gasteiger charge is 2.26. The number of anilines is 3. The van der Waals surface area contributed by atoms with E-state index in [4.69, 9.17) is 0 Å². The number of pyridine rings is 1. The molecule has 1 saturated carbocycles. The predicted octanol–water partition coefficient (Wildman–Crippen LogP) is 6.88. The molecule has 0 bridgehead atoms. The second kappa shape index (κ2) is 10.5. The van der Waals surface area contributed by atoms with Crippen LogP contribution in [0.1, 0.15) is 51.9 Å². The lowest BCUT2D eigenvalue weighted by molar-refractivity contribution is -0.121. The summed E-state index contributed by atoms with van der Waals surface area (Å²) >= 11 is 1.57. The molecule has 2 N–H and O–H groups in total. The molecule has 0 saturated heterocycles. The molecule has 0 atom stereocenters. The van der Waals surface area contributed by atoms with Crippen molar-refractivity contribution in [3.63, 3.8) is 0 Å². The largest absolute Gasteiger partial charge is 0.332 e. The number of hydrogen-bond acceptors (Lipinski definition) is 5. The molecular weight excluding hydrogens is 404 g/mol. The second-order valence-corrected chi connectivity index (χ2v) is 9.18. The van der Waals surface area contributed by atoms with Gasteiger partial charge in [0.1, 0.15) is 0 Å². The molecule has 2 heterocycles. The molecule has 3 aromatic rings. The first-order valence-corrected chi connectivity index (χ1v) is 12.1. The van der Waals surface area contributed by atoms with Crippen molar-refractivity contribution in [3.05, 3.63) is 54.2 Å². The van der Waals surface area contributed by atoms with Crippen molar-refractivity contribution in [1.29, 1.82) is 0 Å². The van der Waals surface area contributed by atoms with Crippen molar-refractivity contribution >= 4 is 33.8 Å². The lowest BCUT2D eigenvalue weighted by Gasteiger charge is -2.27. The Morgan fingerprint density at radius 3 is 2.45 bits per heavy atom. The summed E-state index contributed by atoms with van der Waals surface area (Å²) in [6.45, 7) is 2.25. The van der Waals surface area contributed by atoms with Gasteiger partial charge in [0.05, 0.1) is 5.69 Å². The van der Waals surface area contributed by atoms with Gasteiger partial charge >= 0.3 is 0 Å². The van der Waals surface area contributed by atoms with E-state index in [1.165, 1.54) is 32.1 Å². The fourth-order valence-electron chi connectivity index (χ4n) is 4.20. The fraction of sp³-hybridized carbons (Fsp3) is 0.400. The van der Waals surface area contributed by atoms with E-state index in [2.05, 4.69) is 27.5 Å². The minimum absolute atomic E-state index is 0.151. The van der Waals surface area contributed by atoms with Gasteiger partial charge < -0.3 is 10.6 Å². The fourth-order valence-corrected chi connectivity index (χ4v) is 4.94. The normalized spacial score (nSPS) is 18.5. The van der Waals surface area contributed by atoms with E-state index in [1.807, 2.05) is 41.8 Å². The number of carbonyl (C=O) groups excluding carboxylic acids is 1. The highest BCUT2D eigenvalue weighted by molar-refractivity contribution is 7.14. The van der Waals surface area contributed by atoms with Crippen LogP contribution >= 0.6 is 11.3 Å². The topological polar surface area (TPSA) is 66.9 Å². The first kappa shape index (κ1) is 21.5. The van der Waals surface area contributed by atoms with Crippen molar-refractivity contribution < 1.29 is 4.79 Å². The zero-order valence-electron chi connectivity index (χ0n) is 18.0. The number of nitrogens with one attached hydrogen (secondary N) is 2. The van der Waals surface area contributed by atoms with Crippen LogP contribution in [-0.2, 0) is 4.79 Å². The maximum atomic E-state index is 12.7. The molecule has 0 spiro atoms. The van der Waals surface area contributed by atoms with Crippen LogP contribution in [0.2, 0.25) is 0 Å². The molecule has 1 aromatic carbocycles. The number of aromatic nitrogens is 2. The zero-order valence-corrected chi connectivity index (χ0v) is 18.8. The number of amides is 1. The lowest BCUT2D eigenvalue weighted by Crippen LogP contribution is -2.27. The van der Waals surface area contributed by atoms with Crippen LogP contribution in [0.3, 0.4) is 0 Å². The Kier molecular flexibility index (Phi) is 7.30. The first-order valence-electron chi connectivity index (χ1n) is 11.2. The Morgan fingerprint density at radius 2 is 1.74 bits per heavy atom. The number of unbranched alkanes of at least 4 members (excludes halogenated alkanes) is 1. The van der Waals surface area contributed by atoms with Gasteiger partial charge in [-0.25, -0.2) is 4.98 Å². The molecule has 1 aliphatic carbocycles. The Hall–Kier alpha value is -2.73. The van der Waals surface area contributed by atoms with Gasteiger partial charge in [0.15, 0.2) is 5.13 Å². The van der Waals surface area contributed by atoms with Crippen LogP contribution in [0.5, 0.6) is 0 Å². The van der Waals surface area contributed by atoms with Gasteiger partial charge in [-0.15, -0.1) is 11.3 Å². The van der Waals surface area contributed by atoms with Gasteiger partial charge in [-0.2, -0.15) is 0 Å². The Morgan fingerprint density at radius 1 is 1.03 bits per heavy atom. The van der Waals surface area contributed by atoms with E-state index < -0.39 is 0 Å². The molecule has 1 fully saturated rings. The Bertz CT molecular complexity index is 963. The maximum Gasteiger partial charge on any atom is 0.227 e. The summed E-state index contributed by atoms with van der Waals surface area (Å²) in [5.41, 5.74) is 3.78. The molecule has 0 aliphatic heterocycles. The summed E-state index contributed by atoms with van der Waals surface area (Å²) in [6, 6.07) is 11.8. The average molecular weight is 435 g/mol. The molecular formula is C25H30N4OS. The van der Waals surface area contributed by atoms with Crippen LogP contribution in [0.4, 0.5) is 16.5 Å². The van der Waals surface area contributed by atoms with Crippen molar-refractivity contribution in [2.24, 2.45) is 11.8 Å². The summed E-state index contributed by atoms with van der Waals surface area (Å²) in [5, 5.41) is 9.31. The summed E-state index contributed by atoms with van der Waals surface area (Å²) in [7, 11) is 0. The Labute approximate surface area is 188 Å². The van der Waals surface area contributed by atoms with Crippen molar-refractivity contribution in [2.45, 2.75) is 51.9 Å². The average Bonchev–Trinajstić information content (AvgIpc) is 3.28. The second-order valence-electron chi connectivity index (χ2n) is 8.33. The first-order chi connectivity index (χ1) is 15.2. The van der Waals surface area contributed by atoms with Gasteiger partial charge in [0.25, 0.3) is 0 Å². The van der Waals surface area contributed by atoms with Crippen LogP contribution < -0.4 is 10.6 Å². The molecule has 2 aromatic heterocycles. The van der Waals surface area contributed by atoms with Gasteiger partial charge in [0, 0.05) is 40.6 Å². The lowest BCUT2D eigenvalue weighted by atomic mass is 9.79. The quantitative estimate of drug-likeness (QED) is 0.405. The molecule has 6 heteroatoms. The summed E-state index contributed by atoms with van der Waals surface area (Å²) in [5.74, 6) is 1.13. The van der Waals surface area contributed by atoms with Crippen LogP contribution in [-0.4, -0.2) is 15.9 Å². The van der Waals surface area contributed by atoms with Crippen molar-refractivity contribution in [3.8, 4) is 11.3 Å². The Balaban J connectivity index is 1.28. The van der Waals surface area contributed by atoms with Gasteiger partial charge in [-0.1, -0.05) is 26.2 Å². The smallest absolute Gasteiger partial charge is 0.227 e. The van der Waals surface area contributed by atoms with Crippen LogP contribution in [0.15, 0.2) is 54.2 Å². The van der Waals surface area contributed by atoms with E-state index in [9.17, 15) is 4.79 Å². The summed E-state index contributed by atoms with van der Waals surface area (Å²) in [4.78, 5) is 21.4. The summed E-state index contributed by atoms with van der Waals surface area (Å²) in [6.07, 6.45) is 11.9. The number of benzene rings is 1. The van der Waals surface area contributed by atoms with Crippen LogP contribution in [0, 0.1) is 11.8 Å². The van der Waals surface area contributed by atoms with Gasteiger partial charge in [-0.3, -0.25) is 9.78 Å². The third-order valence-electron chi connectivity index (χ3n) is 6.07. The molecule has 31 heavy (non-hydrogen) atoms. The maximum absolute atomic E-state index is 12.7. The van der Waals surface area contributed by atoms with Gasteiger partial charge in [-0.05, 0) is 68.0 Å². The monoisotopic (exact) mass is 434 g/mol. The van der Waals surface area contributed by atoms with Crippen molar-refractivity contribution in [2.75, 3.05) is 10.6 Å². The molecule has 4 rings (SSSR count). The SMILES string of the molecule is CCCCC1CCC(C(=O)Nc2ccc(Nc3nc(-c4ccncc4)cs3)cc2)CC1. The highest BCUT2D eigenvalue weighted by atomic mass is 32.1. The molecule has 162 valence electrons. The summed E-state index contributed by atoms with van der Waals surface area (Å²) < 4.78 is 0. The molecule has 0 unspecified atom stereocenters.